The van der Waals surface area contributed by atoms with Crippen LogP contribution in [-0.2, 0) is 12.8 Å². The molecule has 21 heavy (non-hydrogen) atoms. The Kier molecular flexibility index (Phi) is 4.89. The van der Waals surface area contributed by atoms with E-state index in [2.05, 4.69) is 13.8 Å². The lowest BCUT2D eigenvalue weighted by molar-refractivity contribution is 0.288. The molecule has 2 heteroatoms. The minimum Gasteiger partial charge on any atom is -0.508 e. The van der Waals surface area contributed by atoms with Gasteiger partial charge in [0.2, 0.25) is 0 Å². The fourth-order valence-electron chi connectivity index (χ4n) is 3.06. The highest BCUT2D eigenvalue weighted by atomic mass is 16.3. The van der Waals surface area contributed by atoms with E-state index in [1.807, 2.05) is 24.3 Å². The lowest BCUT2D eigenvalue weighted by Gasteiger charge is -2.30. The number of rotatable bonds is 6. The standard InChI is InChI=1S/C19H24O2/c1-3-12-19(2,13-15-4-8-17(20)9-5-15)14-16-6-10-18(21)11-7-16/h4-11,20-21H,3,12-14H2,1-2H3. The summed E-state index contributed by atoms with van der Waals surface area (Å²) in [6, 6.07) is 15.0. The van der Waals surface area contributed by atoms with Gasteiger partial charge in [0.15, 0.2) is 0 Å². The fraction of sp³-hybridized carbons (Fsp3) is 0.368. The number of hydrogen-bond acceptors (Lipinski definition) is 2. The predicted molar refractivity (Wildman–Crippen MR) is 86.6 cm³/mol. The highest BCUT2D eigenvalue weighted by Crippen LogP contribution is 2.33. The average molecular weight is 284 g/mol. The summed E-state index contributed by atoms with van der Waals surface area (Å²) < 4.78 is 0. The lowest BCUT2D eigenvalue weighted by Crippen LogP contribution is -2.22. The van der Waals surface area contributed by atoms with Crippen molar-refractivity contribution < 1.29 is 10.2 Å². The molecule has 0 unspecified atom stereocenters. The van der Waals surface area contributed by atoms with E-state index >= 15 is 0 Å². The Hall–Kier alpha value is -1.96. The van der Waals surface area contributed by atoms with Gasteiger partial charge in [0.05, 0.1) is 0 Å². The Balaban J connectivity index is 2.14. The molecule has 2 N–H and O–H groups in total. The van der Waals surface area contributed by atoms with Crippen molar-refractivity contribution >= 4 is 0 Å². The molecular formula is C19H24O2. The third kappa shape index (κ3) is 4.52. The van der Waals surface area contributed by atoms with E-state index in [0.29, 0.717) is 11.5 Å². The van der Waals surface area contributed by atoms with Crippen molar-refractivity contribution in [2.45, 2.75) is 39.5 Å². The van der Waals surface area contributed by atoms with Gasteiger partial charge in [0.1, 0.15) is 11.5 Å². The molecule has 0 bridgehead atoms. The second-order valence-corrected chi connectivity index (χ2v) is 6.25. The zero-order valence-corrected chi connectivity index (χ0v) is 12.8. The van der Waals surface area contributed by atoms with Crippen molar-refractivity contribution in [1.29, 1.82) is 0 Å². The summed E-state index contributed by atoms with van der Waals surface area (Å²) in [5.74, 6) is 0.629. The van der Waals surface area contributed by atoms with E-state index in [9.17, 15) is 10.2 Å². The molecular weight excluding hydrogens is 260 g/mol. The summed E-state index contributed by atoms with van der Waals surface area (Å²) in [7, 11) is 0. The van der Waals surface area contributed by atoms with E-state index < -0.39 is 0 Å². The quantitative estimate of drug-likeness (QED) is 0.808. The van der Waals surface area contributed by atoms with Gasteiger partial charge in [0, 0.05) is 0 Å². The van der Waals surface area contributed by atoms with Crippen LogP contribution in [-0.4, -0.2) is 10.2 Å². The van der Waals surface area contributed by atoms with Gasteiger partial charge < -0.3 is 10.2 Å². The number of phenols is 2. The molecule has 0 aliphatic rings. The normalized spacial score (nSPS) is 11.5. The minimum absolute atomic E-state index is 0.183. The molecule has 112 valence electrons. The molecule has 0 aliphatic carbocycles. The Morgan fingerprint density at radius 1 is 0.762 bits per heavy atom. The number of benzene rings is 2. The van der Waals surface area contributed by atoms with Gasteiger partial charge >= 0.3 is 0 Å². The van der Waals surface area contributed by atoms with Crippen LogP contribution >= 0.6 is 0 Å². The van der Waals surface area contributed by atoms with Crippen molar-refractivity contribution in [3.63, 3.8) is 0 Å². The Bertz CT molecular complexity index is 508. The topological polar surface area (TPSA) is 40.5 Å². The number of aromatic hydroxyl groups is 2. The highest BCUT2D eigenvalue weighted by Gasteiger charge is 2.24. The summed E-state index contributed by atoms with van der Waals surface area (Å²) in [4.78, 5) is 0. The Morgan fingerprint density at radius 2 is 1.14 bits per heavy atom. The van der Waals surface area contributed by atoms with E-state index in [0.717, 1.165) is 25.7 Å². The minimum atomic E-state index is 0.183. The van der Waals surface area contributed by atoms with Crippen LogP contribution in [0.1, 0.15) is 37.8 Å². The molecule has 2 aromatic carbocycles. The molecule has 2 aromatic rings. The maximum atomic E-state index is 9.40. The maximum absolute atomic E-state index is 9.40. The van der Waals surface area contributed by atoms with Crippen LogP contribution in [0.2, 0.25) is 0 Å². The molecule has 0 saturated carbocycles. The van der Waals surface area contributed by atoms with Crippen molar-refractivity contribution in [1.82, 2.24) is 0 Å². The summed E-state index contributed by atoms with van der Waals surface area (Å²) in [5, 5.41) is 18.8. The maximum Gasteiger partial charge on any atom is 0.115 e. The third-order valence-corrected chi connectivity index (χ3v) is 3.99. The molecule has 2 rings (SSSR count). The SMILES string of the molecule is CCCC(C)(Cc1ccc(O)cc1)Cc1ccc(O)cc1. The van der Waals surface area contributed by atoms with Gasteiger partial charge in [-0.15, -0.1) is 0 Å². The van der Waals surface area contributed by atoms with Gasteiger partial charge in [-0.2, -0.15) is 0 Å². The fourth-order valence-corrected chi connectivity index (χ4v) is 3.06. The van der Waals surface area contributed by atoms with Gasteiger partial charge in [-0.3, -0.25) is 0 Å². The molecule has 0 aliphatic heterocycles. The first-order valence-corrected chi connectivity index (χ1v) is 7.56. The molecule has 0 amide bonds. The number of hydrogen-bond donors (Lipinski definition) is 2. The van der Waals surface area contributed by atoms with Crippen molar-refractivity contribution in [3.05, 3.63) is 59.7 Å². The van der Waals surface area contributed by atoms with Gasteiger partial charge in [-0.1, -0.05) is 44.5 Å². The summed E-state index contributed by atoms with van der Waals surface area (Å²) in [6.45, 7) is 4.53. The zero-order valence-electron chi connectivity index (χ0n) is 12.8. The highest BCUT2D eigenvalue weighted by molar-refractivity contribution is 5.29. The summed E-state index contributed by atoms with van der Waals surface area (Å²) in [6.07, 6.45) is 4.27. The van der Waals surface area contributed by atoms with Crippen LogP contribution < -0.4 is 0 Å². The molecule has 0 saturated heterocycles. The third-order valence-electron chi connectivity index (χ3n) is 3.99. The number of phenolic OH excluding ortho intramolecular Hbond substituents is 2. The van der Waals surface area contributed by atoms with Gasteiger partial charge in [0.25, 0.3) is 0 Å². The van der Waals surface area contributed by atoms with Crippen LogP contribution in [0.3, 0.4) is 0 Å². The molecule has 0 aromatic heterocycles. The van der Waals surface area contributed by atoms with Crippen molar-refractivity contribution in [3.8, 4) is 11.5 Å². The summed E-state index contributed by atoms with van der Waals surface area (Å²) in [5.41, 5.74) is 2.69. The van der Waals surface area contributed by atoms with Crippen molar-refractivity contribution in [2.75, 3.05) is 0 Å². The van der Waals surface area contributed by atoms with E-state index in [1.54, 1.807) is 24.3 Å². The van der Waals surface area contributed by atoms with Crippen LogP contribution in [0.15, 0.2) is 48.5 Å². The second-order valence-electron chi connectivity index (χ2n) is 6.25. The van der Waals surface area contributed by atoms with Crippen LogP contribution in [0.5, 0.6) is 11.5 Å². The smallest absolute Gasteiger partial charge is 0.115 e. The monoisotopic (exact) mass is 284 g/mol. The van der Waals surface area contributed by atoms with Gasteiger partial charge in [-0.25, -0.2) is 0 Å². The van der Waals surface area contributed by atoms with Crippen LogP contribution in [0.25, 0.3) is 0 Å². The molecule has 0 fully saturated rings. The van der Waals surface area contributed by atoms with Crippen LogP contribution in [0.4, 0.5) is 0 Å². The largest absolute Gasteiger partial charge is 0.508 e. The zero-order chi connectivity index (χ0) is 15.3. The molecule has 0 atom stereocenters. The van der Waals surface area contributed by atoms with Crippen molar-refractivity contribution in [2.24, 2.45) is 5.41 Å². The van der Waals surface area contributed by atoms with E-state index in [1.165, 1.54) is 11.1 Å². The first kappa shape index (κ1) is 15.4. The molecule has 2 nitrogen and oxygen atoms in total. The Morgan fingerprint density at radius 3 is 1.48 bits per heavy atom. The van der Waals surface area contributed by atoms with E-state index in [-0.39, 0.29) is 5.41 Å². The average Bonchev–Trinajstić information content (AvgIpc) is 2.44. The predicted octanol–water partition coefficient (Wildman–Crippen LogP) is 4.69. The summed E-state index contributed by atoms with van der Waals surface area (Å²) >= 11 is 0. The van der Waals surface area contributed by atoms with E-state index in [4.69, 9.17) is 0 Å². The molecule has 0 radical (unpaired) electrons. The first-order chi connectivity index (χ1) is 10.0. The van der Waals surface area contributed by atoms with Gasteiger partial charge in [-0.05, 0) is 60.1 Å². The molecule has 0 spiro atoms. The molecule has 0 heterocycles. The Labute approximate surface area is 127 Å². The lowest BCUT2D eigenvalue weighted by atomic mass is 9.75. The van der Waals surface area contributed by atoms with Crippen LogP contribution in [0, 0.1) is 5.41 Å². The first-order valence-electron chi connectivity index (χ1n) is 7.56. The second kappa shape index (κ2) is 6.66.